The summed E-state index contributed by atoms with van der Waals surface area (Å²) in [5.41, 5.74) is 4.34. The van der Waals surface area contributed by atoms with Crippen molar-refractivity contribution in [3.63, 3.8) is 0 Å². The van der Waals surface area contributed by atoms with Crippen LogP contribution in [-0.4, -0.2) is 5.91 Å². The third kappa shape index (κ3) is 3.61. The predicted octanol–water partition coefficient (Wildman–Crippen LogP) is 4.24. The molecule has 1 heterocycles. The van der Waals surface area contributed by atoms with Gasteiger partial charge >= 0.3 is 0 Å². The maximum absolute atomic E-state index is 11.1. The molecule has 0 saturated heterocycles. The fourth-order valence-corrected chi connectivity index (χ4v) is 3.11. The number of amides is 1. The number of hydrogen-bond donors (Lipinski definition) is 2. The zero-order valence-corrected chi connectivity index (χ0v) is 13.1. The summed E-state index contributed by atoms with van der Waals surface area (Å²) in [6.45, 7) is 8.63. The van der Waals surface area contributed by atoms with Crippen molar-refractivity contribution in [3.05, 3.63) is 45.1 Å². The molecule has 0 saturated carbocycles. The first-order chi connectivity index (χ1) is 9.45. The first-order valence-electron chi connectivity index (χ1n) is 6.63. The number of anilines is 2. The lowest BCUT2D eigenvalue weighted by Gasteiger charge is -2.11. The molecule has 20 heavy (non-hydrogen) atoms. The highest BCUT2D eigenvalue weighted by Crippen LogP contribution is 2.23. The van der Waals surface area contributed by atoms with Crippen molar-refractivity contribution >= 4 is 28.6 Å². The smallest absolute Gasteiger partial charge is 0.221 e. The Labute approximate surface area is 124 Å². The average molecular weight is 288 g/mol. The van der Waals surface area contributed by atoms with Gasteiger partial charge in [0.15, 0.2) is 0 Å². The number of carbonyl (C=O) groups excluding carboxylic acids is 1. The zero-order valence-electron chi connectivity index (χ0n) is 12.3. The van der Waals surface area contributed by atoms with Crippen LogP contribution in [0.2, 0.25) is 0 Å². The lowest BCUT2D eigenvalue weighted by atomic mass is 10.1. The van der Waals surface area contributed by atoms with Crippen molar-refractivity contribution in [1.82, 2.24) is 0 Å². The van der Waals surface area contributed by atoms with E-state index in [1.54, 1.807) is 0 Å². The zero-order chi connectivity index (χ0) is 14.7. The molecule has 2 rings (SSSR count). The summed E-state index contributed by atoms with van der Waals surface area (Å²) >= 11 is 1.83. The summed E-state index contributed by atoms with van der Waals surface area (Å²) in [5, 5.41) is 6.25. The van der Waals surface area contributed by atoms with Crippen molar-refractivity contribution in [3.8, 4) is 0 Å². The summed E-state index contributed by atoms with van der Waals surface area (Å²) in [6.07, 6.45) is 0. The number of rotatable bonds is 4. The second-order valence-electron chi connectivity index (χ2n) is 5.00. The maximum atomic E-state index is 11.1. The molecule has 0 aliphatic rings. The van der Waals surface area contributed by atoms with Crippen molar-refractivity contribution < 1.29 is 4.79 Å². The first kappa shape index (κ1) is 14.6. The van der Waals surface area contributed by atoms with Crippen molar-refractivity contribution in [2.24, 2.45) is 0 Å². The normalized spacial score (nSPS) is 10.4. The Morgan fingerprint density at radius 3 is 2.50 bits per heavy atom. The van der Waals surface area contributed by atoms with Crippen LogP contribution in [0.5, 0.6) is 0 Å². The molecule has 0 unspecified atom stereocenters. The first-order valence-corrected chi connectivity index (χ1v) is 7.45. The molecule has 0 atom stereocenters. The molecule has 0 fully saturated rings. The van der Waals surface area contributed by atoms with Crippen LogP contribution in [0.4, 0.5) is 11.4 Å². The lowest BCUT2D eigenvalue weighted by Crippen LogP contribution is -2.07. The van der Waals surface area contributed by atoms with Gasteiger partial charge in [-0.2, -0.15) is 0 Å². The second kappa shape index (κ2) is 6.09. The minimum atomic E-state index is -0.0433. The van der Waals surface area contributed by atoms with Crippen LogP contribution < -0.4 is 10.6 Å². The number of benzene rings is 1. The summed E-state index contributed by atoms with van der Waals surface area (Å²) in [7, 11) is 0. The minimum absolute atomic E-state index is 0.0433. The summed E-state index contributed by atoms with van der Waals surface area (Å²) in [4.78, 5) is 13.8. The highest BCUT2D eigenvalue weighted by molar-refractivity contribution is 7.12. The Hall–Kier alpha value is -1.81. The van der Waals surface area contributed by atoms with Gasteiger partial charge in [-0.3, -0.25) is 4.79 Å². The maximum Gasteiger partial charge on any atom is 0.221 e. The van der Waals surface area contributed by atoms with E-state index in [1.807, 2.05) is 30.4 Å². The molecule has 0 aliphatic heterocycles. The van der Waals surface area contributed by atoms with Gasteiger partial charge in [-0.25, -0.2) is 0 Å². The largest absolute Gasteiger partial charge is 0.381 e. The minimum Gasteiger partial charge on any atom is -0.381 e. The molecule has 0 radical (unpaired) electrons. The third-order valence-corrected chi connectivity index (χ3v) is 4.17. The summed E-state index contributed by atoms with van der Waals surface area (Å²) < 4.78 is 0. The number of thiophene rings is 1. The van der Waals surface area contributed by atoms with E-state index in [1.165, 1.54) is 22.2 Å². The standard InChI is InChI=1S/C16H20N2OS/c1-10-7-15(5-6-16(10)18-13(4)19)17-9-14-8-11(2)20-12(14)3/h5-8,17H,9H2,1-4H3,(H,18,19). The van der Waals surface area contributed by atoms with Crippen LogP contribution in [0.3, 0.4) is 0 Å². The Morgan fingerprint density at radius 2 is 1.95 bits per heavy atom. The molecule has 0 spiro atoms. The van der Waals surface area contributed by atoms with E-state index in [2.05, 4.69) is 36.6 Å². The van der Waals surface area contributed by atoms with E-state index >= 15 is 0 Å². The molecule has 106 valence electrons. The average Bonchev–Trinajstić information content (AvgIpc) is 2.68. The number of carbonyl (C=O) groups is 1. The van der Waals surface area contributed by atoms with Gasteiger partial charge in [0, 0.05) is 34.6 Å². The highest BCUT2D eigenvalue weighted by Gasteiger charge is 2.04. The van der Waals surface area contributed by atoms with Gasteiger partial charge in [0.1, 0.15) is 0 Å². The van der Waals surface area contributed by atoms with E-state index in [4.69, 9.17) is 0 Å². The van der Waals surface area contributed by atoms with Crippen LogP contribution in [0.15, 0.2) is 24.3 Å². The second-order valence-corrected chi connectivity index (χ2v) is 6.46. The molecule has 4 heteroatoms. The quantitative estimate of drug-likeness (QED) is 0.883. The van der Waals surface area contributed by atoms with Gasteiger partial charge in [0.05, 0.1) is 0 Å². The van der Waals surface area contributed by atoms with E-state index in [9.17, 15) is 4.79 Å². The number of nitrogens with one attached hydrogen (secondary N) is 2. The Bertz CT molecular complexity index is 631. The van der Waals surface area contributed by atoms with Crippen LogP contribution >= 0.6 is 11.3 Å². The van der Waals surface area contributed by atoms with Crippen LogP contribution in [0.25, 0.3) is 0 Å². The molecule has 1 amide bonds. The van der Waals surface area contributed by atoms with Crippen LogP contribution in [0, 0.1) is 20.8 Å². The lowest BCUT2D eigenvalue weighted by molar-refractivity contribution is -0.114. The molecule has 2 N–H and O–H groups in total. The van der Waals surface area contributed by atoms with Crippen LogP contribution in [0.1, 0.15) is 27.8 Å². The van der Waals surface area contributed by atoms with Crippen molar-refractivity contribution in [2.75, 3.05) is 10.6 Å². The Morgan fingerprint density at radius 1 is 1.20 bits per heavy atom. The van der Waals surface area contributed by atoms with E-state index < -0.39 is 0 Å². The van der Waals surface area contributed by atoms with Crippen molar-refractivity contribution in [1.29, 1.82) is 0 Å². The van der Waals surface area contributed by atoms with Gasteiger partial charge in [-0.15, -0.1) is 11.3 Å². The molecular formula is C16H20N2OS. The molecule has 1 aromatic heterocycles. The topological polar surface area (TPSA) is 41.1 Å². The summed E-state index contributed by atoms with van der Waals surface area (Å²) in [6, 6.07) is 8.21. The fraction of sp³-hybridized carbons (Fsp3) is 0.312. The Kier molecular flexibility index (Phi) is 4.45. The highest BCUT2D eigenvalue weighted by atomic mass is 32.1. The van der Waals surface area contributed by atoms with Crippen LogP contribution in [-0.2, 0) is 11.3 Å². The monoisotopic (exact) mass is 288 g/mol. The van der Waals surface area contributed by atoms with Gasteiger partial charge < -0.3 is 10.6 Å². The van der Waals surface area contributed by atoms with Gasteiger partial charge in [0.2, 0.25) is 5.91 Å². The third-order valence-electron chi connectivity index (χ3n) is 3.16. The summed E-state index contributed by atoms with van der Waals surface area (Å²) in [5.74, 6) is -0.0433. The van der Waals surface area contributed by atoms with Gasteiger partial charge in [-0.1, -0.05) is 0 Å². The fourth-order valence-electron chi connectivity index (χ4n) is 2.16. The molecule has 3 nitrogen and oxygen atoms in total. The van der Waals surface area contributed by atoms with E-state index in [0.29, 0.717) is 0 Å². The predicted molar refractivity (Wildman–Crippen MR) is 86.6 cm³/mol. The molecule has 0 aliphatic carbocycles. The molecular weight excluding hydrogens is 268 g/mol. The van der Waals surface area contributed by atoms with Gasteiger partial charge in [0.25, 0.3) is 0 Å². The molecule has 0 bridgehead atoms. The molecule has 1 aromatic carbocycles. The van der Waals surface area contributed by atoms with Crippen molar-refractivity contribution in [2.45, 2.75) is 34.2 Å². The number of aryl methyl sites for hydroxylation is 3. The SMILES string of the molecule is CC(=O)Nc1ccc(NCc2cc(C)sc2C)cc1C. The van der Waals surface area contributed by atoms with Gasteiger partial charge in [-0.05, 0) is 56.2 Å². The van der Waals surface area contributed by atoms with E-state index in [-0.39, 0.29) is 5.91 Å². The Balaban J connectivity index is 2.05. The molecule has 2 aromatic rings. The van der Waals surface area contributed by atoms with E-state index in [0.717, 1.165) is 23.5 Å². The number of hydrogen-bond acceptors (Lipinski definition) is 3.